The summed E-state index contributed by atoms with van der Waals surface area (Å²) < 4.78 is 20.8. The molecule has 0 saturated heterocycles. The third kappa shape index (κ3) is 4.56. The molecular formula is C23H24FN3O3. The Morgan fingerprint density at radius 1 is 1.10 bits per heavy atom. The Bertz CT molecular complexity index is 1050. The third-order valence-corrected chi connectivity index (χ3v) is 4.77. The lowest BCUT2D eigenvalue weighted by Gasteiger charge is -2.18. The molecule has 0 saturated carbocycles. The first-order valence-electron chi connectivity index (χ1n) is 9.73. The van der Waals surface area contributed by atoms with Crippen molar-refractivity contribution in [1.82, 2.24) is 15.1 Å². The van der Waals surface area contributed by atoms with Gasteiger partial charge in [-0.05, 0) is 44.5 Å². The van der Waals surface area contributed by atoms with Gasteiger partial charge in [0.1, 0.15) is 5.82 Å². The van der Waals surface area contributed by atoms with Gasteiger partial charge in [-0.1, -0.05) is 36.4 Å². The molecule has 156 valence electrons. The topological polar surface area (TPSA) is 73.2 Å². The second-order valence-corrected chi connectivity index (χ2v) is 6.85. The van der Waals surface area contributed by atoms with Crippen LogP contribution in [0.5, 0.6) is 0 Å². The van der Waals surface area contributed by atoms with E-state index >= 15 is 0 Å². The Morgan fingerprint density at radius 3 is 2.43 bits per heavy atom. The number of hydrogen-bond donors (Lipinski definition) is 1. The second kappa shape index (κ2) is 9.35. The van der Waals surface area contributed by atoms with Gasteiger partial charge in [0, 0.05) is 11.3 Å². The van der Waals surface area contributed by atoms with Crippen molar-refractivity contribution in [3.8, 4) is 5.69 Å². The number of carbonyl (C=O) groups excluding carboxylic acids is 2. The van der Waals surface area contributed by atoms with E-state index < -0.39 is 23.7 Å². The number of nitrogens with one attached hydrogen (secondary N) is 1. The second-order valence-electron chi connectivity index (χ2n) is 6.85. The molecule has 3 aromatic rings. The number of aryl methyl sites for hydroxylation is 1. The van der Waals surface area contributed by atoms with Crippen LogP contribution in [0.2, 0.25) is 0 Å². The Balaban J connectivity index is 1.93. The van der Waals surface area contributed by atoms with Crippen LogP contribution in [0.1, 0.15) is 35.5 Å². The molecule has 1 aromatic heterocycles. The maximum atomic E-state index is 13.9. The summed E-state index contributed by atoms with van der Waals surface area (Å²) in [5, 5.41) is 7.25. The number of carbonyl (C=O) groups is 2. The maximum Gasteiger partial charge on any atom is 0.333 e. The van der Waals surface area contributed by atoms with E-state index in [1.54, 1.807) is 30.7 Å². The van der Waals surface area contributed by atoms with Crippen molar-refractivity contribution < 1.29 is 18.7 Å². The molecule has 0 unspecified atom stereocenters. The summed E-state index contributed by atoms with van der Waals surface area (Å²) >= 11 is 0. The average Bonchev–Trinajstić information content (AvgIpc) is 3.03. The van der Waals surface area contributed by atoms with E-state index in [2.05, 4.69) is 10.4 Å². The highest BCUT2D eigenvalue weighted by Gasteiger charge is 2.30. The van der Waals surface area contributed by atoms with Crippen LogP contribution in [0.15, 0.2) is 54.6 Å². The van der Waals surface area contributed by atoms with Crippen LogP contribution >= 0.6 is 0 Å². The monoisotopic (exact) mass is 409 g/mol. The highest BCUT2D eigenvalue weighted by atomic mass is 19.1. The smallest absolute Gasteiger partial charge is 0.333 e. The molecule has 0 bridgehead atoms. The van der Waals surface area contributed by atoms with Crippen LogP contribution in [0.25, 0.3) is 5.69 Å². The molecule has 3 rings (SSSR count). The van der Waals surface area contributed by atoms with E-state index in [4.69, 9.17) is 4.74 Å². The minimum absolute atomic E-state index is 0.170. The summed E-state index contributed by atoms with van der Waals surface area (Å²) in [5.74, 6) is -1.53. The summed E-state index contributed by atoms with van der Waals surface area (Å²) in [6.45, 7) is 5.47. The number of halogens is 1. The average molecular weight is 409 g/mol. The Hall–Kier alpha value is -3.48. The molecule has 0 fully saturated rings. The third-order valence-electron chi connectivity index (χ3n) is 4.77. The molecule has 1 atom stereocenters. The largest absolute Gasteiger partial charge is 0.464 e. The summed E-state index contributed by atoms with van der Waals surface area (Å²) in [4.78, 5) is 25.3. The van der Waals surface area contributed by atoms with Crippen molar-refractivity contribution in [2.75, 3.05) is 6.61 Å². The number of ether oxygens (including phenoxy) is 1. The van der Waals surface area contributed by atoms with Gasteiger partial charge in [-0.25, -0.2) is 13.9 Å². The molecule has 1 N–H and O–H groups in total. The van der Waals surface area contributed by atoms with Crippen LogP contribution < -0.4 is 5.32 Å². The van der Waals surface area contributed by atoms with Gasteiger partial charge in [0.25, 0.3) is 0 Å². The molecule has 2 aromatic carbocycles. The van der Waals surface area contributed by atoms with Crippen molar-refractivity contribution >= 4 is 11.9 Å². The van der Waals surface area contributed by atoms with Crippen molar-refractivity contribution in [3.63, 3.8) is 0 Å². The SMILES string of the molecule is CCOC(=O)[C@H](NC(=O)Cc1ccccc1F)c1c(C)nn(-c2ccccc2)c1C. The van der Waals surface area contributed by atoms with Crippen LogP contribution in [0.4, 0.5) is 4.39 Å². The zero-order valence-corrected chi connectivity index (χ0v) is 17.2. The molecule has 0 aliphatic heterocycles. The van der Waals surface area contributed by atoms with E-state index in [1.165, 1.54) is 12.1 Å². The van der Waals surface area contributed by atoms with E-state index in [0.717, 1.165) is 5.69 Å². The van der Waals surface area contributed by atoms with E-state index in [9.17, 15) is 14.0 Å². The molecule has 30 heavy (non-hydrogen) atoms. The van der Waals surface area contributed by atoms with Gasteiger partial charge < -0.3 is 10.1 Å². The molecule has 7 heteroatoms. The van der Waals surface area contributed by atoms with Gasteiger partial charge in [-0.2, -0.15) is 5.10 Å². The van der Waals surface area contributed by atoms with Crippen LogP contribution in [-0.4, -0.2) is 28.3 Å². The first-order chi connectivity index (χ1) is 14.4. The quantitative estimate of drug-likeness (QED) is 0.606. The van der Waals surface area contributed by atoms with Crippen molar-refractivity contribution in [2.45, 2.75) is 33.2 Å². The zero-order valence-electron chi connectivity index (χ0n) is 17.2. The molecule has 1 heterocycles. The molecule has 6 nitrogen and oxygen atoms in total. The van der Waals surface area contributed by atoms with Crippen molar-refractivity contribution in [3.05, 3.63) is 82.9 Å². The fraction of sp³-hybridized carbons (Fsp3) is 0.261. The maximum absolute atomic E-state index is 13.9. The van der Waals surface area contributed by atoms with E-state index in [1.807, 2.05) is 37.3 Å². The van der Waals surface area contributed by atoms with Crippen LogP contribution in [-0.2, 0) is 20.7 Å². The number of esters is 1. The fourth-order valence-electron chi connectivity index (χ4n) is 3.39. The fourth-order valence-corrected chi connectivity index (χ4v) is 3.39. The Kier molecular flexibility index (Phi) is 6.61. The summed E-state index contributed by atoms with van der Waals surface area (Å²) in [7, 11) is 0. The number of benzene rings is 2. The van der Waals surface area contributed by atoms with Gasteiger partial charge in [-0.15, -0.1) is 0 Å². The highest BCUT2D eigenvalue weighted by molar-refractivity contribution is 5.87. The first kappa shape index (κ1) is 21.2. The lowest BCUT2D eigenvalue weighted by molar-refractivity contribution is -0.147. The molecule has 1 amide bonds. The van der Waals surface area contributed by atoms with Gasteiger partial charge in [0.15, 0.2) is 6.04 Å². The number of amides is 1. The van der Waals surface area contributed by atoms with E-state index in [0.29, 0.717) is 17.0 Å². The predicted octanol–water partition coefficient (Wildman–Crippen LogP) is 3.59. The van der Waals surface area contributed by atoms with E-state index in [-0.39, 0.29) is 18.6 Å². The Labute approximate surface area is 174 Å². The summed E-state index contributed by atoms with van der Waals surface area (Å²) in [6, 6.07) is 14.5. The minimum atomic E-state index is -1.04. The molecule has 0 aliphatic carbocycles. The number of para-hydroxylation sites is 1. The lowest BCUT2D eigenvalue weighted by atomic mass is 10.0. The van der Waals surface area contributed by atoms with Gasteiger partial charge in [0.2, 0.25) is 5.91 Å². The van der Waals surface area contributed by atoms with Gasteiger partial charge in [-0.3, -0.25) is 4.79 Å². The van der Waals surface area contributed by atoms with Crippen molar-refractivity contribution in [2.24, 2.45) is 0 Å². The van der Waals surface area contributed by atoms with Crippen molar-refractivity contribution in [1.29, 1.82) is 0 Å². The summed E-state index contributed by atoms with van der Waals surface area (Å²) in [5.41, 5.74) is 2.97. The molecular weight excluding hydrogens is 385 g/mol. The highest BCUT2D eigenvalue weighted by Crippen LogP contribution is 2.25. The predicted molar refractivity (Wildman–Crippen MR) is 111 cm³/mol. The summed E-state index contributed by atoms with van der Waals surface area (Å²) in [6.07, 6.45) is -0.187. The molecule has 0 aliphatic rings. The number of rotatable bonds is 7. The molecule has 0 spiro atoms. The normalized spacial score (nSPS) is 11.7. The zero-order chi connectivity index (χ0) is 21.7. The van der Waals surface area contributed by atoms with Crippen LogP contribution in [0.3, 0.4) is 0 Å². The lowest BCUT2D eigenvalue weighted by Crippen LogP contribution is -2.36. The van der Waals surface area contributed by atoms with Gasteiger partial charge in [0.05, 0.1) is 24.4 Å². The first-order valence-corrected chi connectivity index (χ1v) is 9.73. The van der Waals surface area contributed by atoms with Gasteiger partial charge >= 0.3 is 5.97 Å². The number of aromatic nitrogens is 2. The number of nitrogens with zero attached hydrogens (tertiary/aromatic N) is 2. The number of hydrogen-bond acceptors (Lipinski definition) is 4. The molecule has 0 radical (unpaired) electrons. The standard InChI is InChI=1S/C23H24FN3O3/c1-4-30-23(29)22(25-20(28)14-17-10-8-9-13-19(17)24)21-15(2)26-27(16(21)3)18-11-6-5-7-12-18/h5-13,22H,4,14H2,1-3H3,(H,25,28)/t22-/m1/s1. The van der Waals surface area contributed by atoms with Crippen LogP contribution in [0, 0.1) is 19.7 Å². The Morgan fingerprint density at radius 2 is 1.77 bits per heavy atom. The minimum Gasteiger partial charge on any atom is -0.464 e.